The standard InChI is InChI=1S/C20H20N4O2S2/c21-3-1-11-5-13(25)19-15(7-11)27-17(9-23-19)18-10-24-20-14(26)6-12(2-4-22)8-16(20)28-18/h5-10,23,25H,1-4,21-22H2/p+2. The topological polar surface area (TPSA) is 118 Å². The SMILES string of the molecule is [NH3+]CCc1cc(O)c2c(c1)SC(c1cnc3c(=O)cc(CC[NH3+])cc-3s1)=CN2. The molecule has 0 radical (unpaired) electrons. The molecule has 4 rings (SSSR count). The predicted molar refractivity (Wildman–Crippen MR) is 113 cm³/mol. The van der Waals surface area contributed by atoms with Crippen LogP contribution in [-0.4, -0.2) is 23.2 Å². The summed E-state index contributed by atoms with van der Waals surface area (Å²) in [6.45, 7) is 1.53. The van der Waals surface area contributed by atoms with Crippen molar-refractivity contribution in [3.05, 3.63) is 62.9 Å². The third kappa shape index (κ3) is 3.64. The van der Waals surface area contributed by atoms with Crippen LogP contribution in [0.1, 0.15) is 16.0 Å². The highest BCUT2D eigenvalue weighted by atomic mass is 32.2. The number of hydrogen-bond acceptors (Lipinski definition) is 6. The van der Waals surface area contributed by atoms with Gasteiger partial charge in [0.15, 0.2) is 0 Å². The average Bonchev–Trinajstić information content (AvgIpc) is 2.67. The van der Waals surface area contributed by atoms with E-state index >= 15 is 0 Å². The van der Waals surface area contributed by atoms with Crippen molar-refractivity contribution in [3.8, 4) is 16.3 Å². The molecular formula is C20H22N4O2S2+2. The zero-order valence-corrected chi connectivity index (χ0v) is 17.0. The molecule has 144 valence electrons. The fourth-order valence-corrected chi connectivity index (χ4v) is 5.41. The average molecular weight is 415 g/mol. The summed E-state index contributed by atoms with van der Waals surface area (Å²) in [7, 11) is 0. The predicted octanol–water partition coefficient (Wildman–Crippen LogP) is 1.40. The highest BCUT2D eigenvalue weighted by Gasteiger charge is 2.20. The Bertz CT molecular complexity index is 1090. The van der Waals surface area contributed by atoms with Gasteiger partial charge in [-0.25, -0.2) is 4.98 Å². The zero-order chi connectivity index (χ0) is 19.7. The number of benzene rings is 2. The lowest BCUT2D eigenvalue weighted by Crippen LogP contribution is -2.51. The van der Waals surface area contributed by atoms with Crippen LogP contribution < -0.4 is 22.2 Å². The molecule has 0 saturated heterocycles. The minimum atomic E-state index is -0.0414. The van der Waals surface area contributed by atoms with Gasteiger partial charge in [0.25, 0.3) is 0 Å². The number of aromatic hydroxyl groups is 1. The van der Waals surface area contributed by atoms with Crippen LogP contribution >= 0.6 is 23.1 Å². The van der Waals surface area contributed by atoms with Gasteiger partial charge in [-0.15, -0.1) is 11.3 Å². The Hall–Kier alpha value is -2.39. The number of aromatic nitrogens is 1. The minimum absolute atomic E-state index is 0.0414. The van der Waals surface area contributed by atoms with Crippen molar-refractivity contribution in [1.82, 2.24) is 4.98 Å². The maximum Gasteiger partial charge on any atom is 0.205 e. The van der Waals surface area contributed by atoms with Crippen LogP contribution in [0.4, 0.5) is 5.69 Å². The van der Waals surface area contributed by atoms with Crippen LogP contribution in [0.2, 0.25) is 0 Å². The first-order chi connectivity index (χ1) is 13.6. The van der Waals surface area contributed by atoms with Gasteiger partial charge in [-0.2, -0.15) is 0 Å². The second-order valence-corrected chi connectivity index (χ2v) is 8.78. The summed E-state index contributed by atoms with van der Waals surface area (Å²) in [4.78, 5) is 20.6. The molecule has 28 heavy (non-hydrogen) atoms. The molecule has 1 aromatic carbocycles. The summed E-state index contributed by atoms with van der Waals surface area (Å²) >= 11 is 3.15. The van der Waals surface area contributed by atoms with Gasteiger partial charge in [-0.05, 0) is 35.4 Å². The summed E-state index contributed by atoms with van der Waals surface area (Å²) in [6.07, 6.45) is 5.23. The third-order valence-electron chi connectivity index (χ3n) is 4.51. The van der Waals surface area contributed by atoms with Gasteiger partial charge in [-0.3, -0.25) is 4.79 Å². The number of phenolic OH excluding ortho intramolecular Hbond substituents is 1. The third-order valence-corrected chi connectivity index (χ3v) is 6.82. The van der Waals surface area contributed by atoms with Gasteiger partial charge >= 0.3 is 0 Å². The molecule has 2 aliphatic heterocycles. The molecule has 0 atom stereocenters. The maximum absolute atomic E-state index is 12.3. The molecule has 0 unspecified atom stereocenters. The van der Waals surface area contributed by atoms with Gasteiger partial charge < -0.3 is 21.9 Å². The quantitative estimate of drug-likeness (QED) is 0.471. The number of nitrogens with one attached hydrogen (secondary N) is 1. The van der Waals surface area contributed by atoms with Crippen molar-refractivity contribution in [3.63, 3.8) is 0 Å². The number of thioether (sulfide) groups is 1. The van der Waals surface area contributed by atoms with Crippen molar-refractivity contribution in [2.24, 2.45) is 0 Å². The van der Waals surface area contributed by atoms with E-state index in [-0.39, 0.29) is 11.2 Å². The van der Waals surface area contributed by atoms with Gasteiger partial charge in [0.1, 0.15) is 11.4 Å². The lowest BCUT2D eigenvalue weighted by Gasteiger charge is -2.20. The fourth-order valence-electron chi connectivity index (χ4n) is 3.21. The molecule has 0 spiro atoms. The first kappa shape index (κ1) is 18.9. The maximum atomic E-state index is 12.3. The summed E-state index contributed by atoms with van der Waals surface area (Å²) in [5, 5.41) is 13.5. The van der Waals surface area contributed by atoms with Gasteiger partial charge in [0.2, 0.25) is 5.43 Å². The molecule has 2 heterocycles. The molecule has 1 aromatic rings. The van der Waals surface area contributed by atoms with Crippen LogP contribution in [0.3, 0.4) is 0 Å². The first-order valence-electron chi connectivity index (χ1n) is 9.11. The normalized spacial score (nSPS) is 13.1. The molecule has 0 fully saturated rings. The van der Waals surface area contributed by atoms with Crippen LogP contribution in [0.15, 0.2) is 46.4 Å². The van der Waals surface area contributed by atoms with E-state index in [4.69, 9.17) is 0 Å². The number of rotatable bonds is 5. The van der Waals surface area contributed by atoms with E-state index in [2.05, 4.69) is 27.8 Å². The fraction of sp³-hybridized carbons (Fsp3) is 0.200. The molecule has 0 amide bonds. The van der Waals surface area contributed by atoms with Crippen molar-refractivity contribution in [2.75, 3.05) is 18.4 Å². The Labute approximate surface area is 170 Å². The molecule has 6 nitrogen and oxygen atoms in total. The summed E-state index contributed by atoms with van der Waals surface area (Å²) in [5.41, 5.74) is 11.0. The number of anilines is 1. The number of fused-ring (bicyclic) bond motifs is 2. The molecular weight excluding hydrogens is 392 g/mol. The first-order valence-corrected chi connectivity index (χ1v) is 10.7. The number of nitrogens with zero attached hydrogens (tertiary/aromatic N) is 1. The Morgan fingerprint density at radius 2 is 1.79 bits per heavy atom. The van der Waals surface area contributed by atoms with Gasteiger partial charge in [0.05, 0.1) is 28.5 Å². The summed E-state index contributed by atoms with van der Waals surface area (Å²) in [5.74, 6) is 0.248. The molecule has 0 aromatic heterocycles. The van der Waals surface area contributed by atoms with E-state index in [1.807, 2.05) is 12.3 Å². The highest BCUT2D eigenvalue weighted by molar-refractivity contribution is 8.08. The van der Waals surface area contributed by atoms with Crippen molar-refractivity contribution >= 4 is 33.7 Å². The summed E-state index contributed by atoms with van der Waals surface area (Å²) in [6, 6.07) is 7.57. The lowest BCUT2D eigenvalue weighted by molar-refractivity contribution is -0.367. The smallest absolute Gasteiger partial charge is 0.205 e. The van der Waals surface area contributed by atoms with Crippen LogP contribution in [0.25, 0.3) is 15.5 Å². The number of hydrogen-bond donors (Lipinski definition) is 4. The van der Waals surface area contributed by atoms with Crippen LogP contribution in [-0.2, 0) is 12.8 Å². The van der Waals surface area contributed by atoms with Crippen LogP contribution in [0, 0.1) is 0 Å². The van der Waals surface area contributed by atoms with Crippen molar-refractivity contribution < 1.29 is 16.6 Å². The Balaban J connectivity index is 1.71. The molecule has 0 saturated carbocycles. The van der Waals surface area contributed by atoms with Gasteiger partial charge in [-0.1, -0.05) is 11.8 Å². The minimum Gasteiger partial charge on any atom is -0.506 e. The molecule has 8 heteroatoms. The van der Waals surface area contributed by atoms with E-state index in [1.165, 1.54) is 0 Å². The Morgan fingerprint density at radius 1 is 1.04 bits per heavy atom. The summed E-state index contributed by atoms with van der Waals surface area (Å²) < 4.78 is 0. The molecule has 8 N–H and O–H groups in total. The van der Waals surface area contributed by atoms with E-state index in [1.54, 1.807) is 41.4 Å². The van der Waals surface area contributed by atoms with E-state index in [0.717, 1.165) is 62.3 Å². The molecule has 0 bridgehead atoms. The van der Waals surface area contributed by atoms with Gasteiger partial charge in [0, 0.05) is 35.0 Å². The zero-order valence-electron chi connectivity index (χ0n) is 15.3. The van der Waals surface area contributed by atoms with E-state index < -0.39 is 0 Å². The van der Waals surface area contributed by atoms with Crippen LogP contribution in [0.5, 0.6) is 5.75 Å². The van der Waals surface area contributed by atoms with Crippen molar-refractivity contribution in [2.45, 2.75) is 17.7 Å². The number of phenols is 1. The van der Waals surface area contributed by atoms with E-state index in [9.17, 15) is 9.90 Å². The van der Waals surface area contributed by atoms with E-state index in [0.29, 0.717) is 5.69 Å². The largest absolute Gasteiger partial charge is 0.506 e. The molecule has 1 aliphatic carbocycles. The second-order valence-electron chi connectivity index (χ2n) is 6.62. The molecule has 3 aliphatic rings. The lowest BCUT2D eigenvalue weighted by atomic mass is 10.1. The highest BCUT2D eigenvalue weighted by Crippen LogP contribution is 2.47. The number of quaternary nitrogens is 2. The Kier molecular flexibility index (Phi) is 5.36. The van der Waals surface area contributed by atoms with Crippen molar-refractivity contribution in [1.29, 1.82) is 0 Å². The monoisotopic (exact) mass is 414 g/mol. The second kappa shape index (κ2) is 7.92. The Morgan fingerprint density at radius 3 is 2.54 bits per heavy atom.